The summed E-state index contributed by atoms with van der Waals surface area (Å²) in [5.74, 6) is -0.598. The molecule has 3 heterocycles. The van der Waals surface area contributed by atoms with Crippen molar-refractivity contribution < 1.29 is 24.5 Å². The summed E-state index contributed by atoms with van der Waals surface area (Å²) in [7, 11) is 1.17. The fraction of sp³-hybridized carbons (Fsp3) is 0.455. The molecule has 2 aromatic rings. The largest absolute Gasteiger partial charge is 0.467 e. The van der Waals surface area contributed by atoms with Gasteiger partial charge >= 0.3 is 5.97 Å². The number of ether oxygens (including phenoxy) is 2. The van der Waals surface area contributed by atoms with Gasteiger partial charge in [0.2, 0.25) is 0 Å². The second-order valence-corrected chi connectivity index (χ2v) is 4.53. The van der Waals surface area contributed by atoms with Gasteiger partial charge in [-0.3, -0.25) is 4.57 Å². The van der Waals surface area contributed by atoms with Gasteiger partial charge in [0.1, 0.15) is 24.1 Å². The predicted molar refractivity (Wildman–Crippen MR) is 67.7 cm³/mol. The van der Waals surface area contributed by atoms with Crippen LogP contribution in [-0.4, -0.2) is 61.1 Å². The Labute approximate surface area is 118 Å². The van der Waals surface area contributed by atoms with Crippen molar-refractivity contribution in [2.45, 2.75) is 24.5 Å². The van der Waals surface area contributed by atoms with Crippen LogP contribution >= 0.6 is 0 Å². The van der Waals surface area contributed by atoms with E-state index < -0.39 is 30.5 Å². The van der Waals surface area contributed by atoms with Gasteiger partial charge in [0.25, 0.3) is 0 Å². The third kappa shape index (κ3) is 2.00. The van der Waals surface area contributed by atoms with Crippen molar-refractivity contribution in [2.24, 2.45) is 0 Å². The number of aromatic nitrogens is 4. The van der Waals surface area contributed by atoms with E-state index in [2.05, 4.69) is 19.7 Å². The average molecular weight is 295 g/mol. The van der Waals surface area contributed by atoms with Gasteiger partial charge in [-0.15, -0.1) is 0 Å². The number of carbonyl (C=O) groups excluding carboxylic acids is 1. The Hall–Kier alpha value is -2.30. The van der Waals surface area contributed by atoms with Crippen LogP contribution in [0.4, 0.5) is 5.82 Å². The Bertz CT molecular complexity index is 689. The lowest BCUT2D eigenvalue weighted by atomic mass is 10.1. The molecule has 1 aliphatic heterocycles. The first-order valence-electron chi connectivity index (χ1n) is 6.07. The molecule has 0 bridgehead atoms. The fourth-order valence-electron chi connectivity index (χ4n) is 2.26. The lowest BCUT2D eigenvalue weighted by Gasteiger charge is -2.16. The number of methoxy groups -OCH3 is 1. The molecule has 3 rings (SSSR count). The topological polar surface area (TPSA) is 146 Å². The Morgan fingerprint density at radius 2 is 2.14 bits per heavy atom. The molecule has 0 aromatic carbocycles. The second-order valence-electron chi connectivity index (χ2n) is 4.53. The number of hydrogen-bond donors (Lipinski definition) is 3. The van der Waals surface area contributed by atoms with Crippen molar-refractivity contribution in [1.82, 2.24) is 19.5 Å². The maximum Gasteiger partial charge on any atom is 0.337 e. The van der Waals surface area contributed by atoms with Gasteiger partial charge in [-0.05, 0) is 0 Å². The van der Waals surface area contributed by atoms with Crippen molar-refractivity contribution >= 4 is 23.0 Å². The molecule has 4 N–H and O–H groups in total. The summed E-state index contributed by atoms with van der Waals surface area (Å²) in [5.41, 5.74) is 6.33. The zero-order valence-electron chi connectivity index (χ0n) is 10.9. The van der Waals surface area contributed by atoms with E-state index in [1.54, 1.807) is 0 Å². The van der Waals surface area contributed by atoms with E-state index in [1.165, 1.54) is 24.3 Å². The zero-order valence-corrected chi connectivity index (χ0v) is 10.9. The SMILES string of the molecule is COC(=O)C1O[C@@H](n2cnc3c(N)ncnc32)C(O)C1O. The van der Waals surface area contributed by atoms with Crippen LogP contribution < -0.4 is 5.73 Å². The number of nitrogens with two attached hydrogens (primary N) is 1. The molecule has 0 spiro atoms. The highest BCUT2D eigenvalue weighted by molar-refractivity contribution is 5.81. The molecule has 21 heavy (non-hydrogen) atoms. The van der Waals surface area contributed by atoms with Crippen LogP contribution in [0.3, 0.4) is 0 Å². The first-order valence-corrected chi connectivity index (χ1v) is 6.07. The van der Waals surface area contributed by atoms with Crippen molar-refractivity contribution in [3.63, 3.8) is 0 Å². The number of aliphatic hydroxyl groups excluding tert-OH is 2. The molecule has 2 aromatic heterocycles. The maximum absolute atomic E-state index is 11.5. The molecule has 112 valence electrons. The first kappa shape index (κ1) is 13.7. The van der Waals surface area contributed by atoms with Crippen molar-refractivity contribution in [3.8, 4) is 0 Å². The van der Waals surface area contributed by atoms with Crippen molar-refractivity contribution in [2.75, 3.05) is 12.8 Å². The van der Waals surface area contributed by atoms with Crippen LogP contribution in [0.5, 0.6) is 0 Å². The Morgan fingerprint density at radius 3 is 2.86 bits per heavy atom. The van der Waals surface area contributed by atoms with Crippen LogP contribution in [0.15, 0.2) is 12.7 Å². The highest BCUT2D eigenvalue weighted by Crippen LogP contribution is 2.32. The highest BCUT2D eigenvalue weighted by atomic mass is 16.6. The van der Waals surface area contributed by atoms with E-state index >= 15 is 0 Å². The van der Waals surface area contributed by atoms with E-state index in [0.29, 0.717) is 11.2 Å². The molecule has 0 aliphatic carbocycles. The third-order valence-corrected chi connectivity index (χ3v) is 3.33. The smallest absolute Gasteiger partial charge is 0.337 e. The second kappa shape index (κ2) is 4.91. The van der Waals surface area contributed by atoms with E-state index in [1.807, 2.05) is 0 Å². The third-order valence-electron chi connectivity index (χ3n) is 3.33. The number of anilines is 1. The number of imidazole rings is 1. The van der Waals surface area contributed by atoms with Gasteiger partial charge < -0.3 is 25.4 Å². The molecular formula is C11H13N5O5. The summed E-state index contributed by atoms with van der Waals surface area (Å²) in [6.45, 7) is 0. The van der Waals surface area contributed by atoms with E-state index in [4.69, 9.17) is 10.5 Å². The van der Waals surface area contributed by atoms with Crippen LogP contribution in [0, 0.1) is 0 Å². The van der Waals surface area contributed by atoms with Crippen LogP contribution in [-0.2, 0) is 14.3 Å². The number of nitrogen functional groups attached to an aromatic ring is 1. The molecule has 4 atom stereocenters. The normalized spacial score (nSPS) is 28.9. The molecule has 10 nitrogen and oxygen atoms in total. The minimum atomic E-state index is -1.42. The predicted octanol–water partition coefficient (Wildman–Crippen LogP) is -1.80. The average Bonchev–Trinajstić information content (AvgIpc) is 3.02. The molecule has 0 radical (unpaired) electrons. The minimum absolute atomic E-state index is 0.177. The molecule has 1 saturated heterocycles. The van der Waals surface area contributed by atoms with Gasteiger partial charge in [0.15, 0.2) is 23.8 Å². The maximum atomic E-state index is 11.5. The first-order chi connectivity index (χ1) is 10.0. The van der Waals surface area contributed by atoms with Crippen LogP contribution in [0.25, 0.3) is 11.2 Å². The quantitative estimate of drug-likeness (QED) is 0.546. The van der Waals surface area contributed by atoms with Gasteiger partial charge in [-0.2, -0.15) is 0 Å². The minimum Gasteiger partial charge on any atom is -0.467 e. The van der Waals surface area contributed by atoms with E-state index in [9.17, 15) is 15.0 Å². The number of nitrogens with zero attached hydrogens (tertiary/aromatic N) is 4. The number of carbonyl (C=O) groups is 1. The summed E-state index contributed by atoms with van der Waals surface area (Å²) in [6.07, 6.45) is -2.50. The van der Waals surface area contributed by atoms with E-state index in [0.717, 1.165) is 0 Å². The summed E-state index contributed by atoms with van der Waals surface area (Å²) in [5, 5.41) is 20.0. The molecular weight excluding hydrogens is 282 g/mol. The Morgan fingerprint density at radius 1 is 1.38 bits per heavy atom. The number of hydrogen-bond acceptors (Lipinski definition) is 9. The lowest BCUT2D eigenvalue weighted by Crippen LogP contribution is -2.36. The summed E-state index contributed by atoms with van der Waals surface area (Å²) in [6, 6.07) is 0. The van der Waals surface area contributed by atoms with Crippen molar-refractivity contribution in [3.05, 3.63) is 12.7 Å². The number of esters is 1. The summed E-state index contributed by atoms with van der Waals surface area (Å²) in [4.78, 5) is 23.4. The molecule has 0 saturated carbocycles. The van der Waals surface area contributed by atoms with Crippen molar-refractivity contribution in [1.29, 1.82) is 0 Å². The fourth-order valence-corrected chi connectivity index (χ4v) is 2.26. The lowest BCUT2D eigenvalue weighted by molar-refractivity contribution is -0.158. The molecule has 0 amide bonds. The zero-order chi connectivity index (χ0) is 15.1. The van der Waals surface area contributed by atoms with Crippen LogP contribution in [0.2, 0.25) is 0 Å². The van der Waals surface area contributed by atoms with Gasteiger partial charge in [-0.25, -0.2) is 19.7 Å². The molecule has 3 unspecified atom stereocenters. The molecule has 1 fully saturated rings. The number of aliphatic hydroxyl groups is 2. The standard InChI is InChI=1S/C11H13N5O5/c1-20-11(19)7-5(17)6(18)10(21-7)16-3-15-4-8(12)13-2-14-9(4)16/h2-3,5-7,10,17-18H,1H3,(H2,12,13,14)/t5?,6?,7?,10-/m1/s1. The Balaban J connectivity index is 2.00. The van der Waals surface area contributed by atoms with Gasteiger partial charge in [-0.1, -0.05) is 0 Å². The van der Waals surface area contributed by atoms with Gasteiger partial charge in [0, 0.05) is 0 Å². The van der Waals surface area contributed by atoms with Gasteiger partial charge in [0.05, 0.1) is 13.4 Å². The molecule has 1 aliphatic rings. The summed E-state index contributed by atoms with van der Waals surface area (Å²) >= 11 is 0. The number of fused-ring (bicyclic) bond motifs is 1. The molecule has 10 heteroatoms. The number of rotatable bonds is 2. The van der Waals surface area contributed by atoms with Crippen LogP contribution in [0.1, 0.15) is 6.23 Å². The Kier molecular flexibility index (Phi) is 3.20. The van der Waals surface area contributed by atoms with E-state index in [-0.39, 0.29) is 5.82 Å². The monoisotopic (exact) mass is 295 g/mol. The summed E-state index contributed by atoms with van der Waals surface area (Å²) < 4.78 is 11.3. The highest BCUT2D eigenvalue weighted by Gasteiger charge is 2.48.